The summed E-state index contributed by atoms with van der Waals surface area (Å²) < 4.78 is 34.3. The molecule has 0 amide bonds. The van der Waals surface area contributed by atoms with Crippen LogP contribution in [0.2, 0.25) is 0 Å². The summed E-state index contributed by atoms with van der Waals surface area (Å²) in [7, 11) is -3.93. The molecular formula is C30H25NO2SSn. The molecule has 0 atom stereocenters. The zero-order valence-electron chi connectivity index (χ0n) is 19.1. The average Bonchev–Trinajstić information content (AvgIpc) is 2.94. The monoisotopic (exact) mass is 583 g/mol. The normalized spacial score (nSPS) is 11.7. The van der Waals surface area contributed by atoms with Gasteiger partial charge in [-0.15, -0.1) is 0 Å². The first kappa shape index (κ1) is 23.4. The fourth-order valence-electron chi connectivity index (χ4n) is 4.66. The molecule has 0 aliphatic heterocycles. The fourth-order valence-corrected chi connectivity index (χ4v) is 24.4. The Balaban J connectivity index is 1.97. The average molecular weight is 582 g/mol. The van der Waals surface area contributed by atoms with Gasteiger partial charge in [0.05, 0.1) is 0 Å². The number of benzene rings is 5. The molecule has 5 aromatic carbocycles. The molecular weight excluding hydrogens is 557 g/mol. The number of sulfonamides is 1. The van der Waals surface area contributed by atoms with Gasteiger partial charge in [0.1, 0.15) is 0 Å². The Bertz CT molecular complexity index is 1380. The molecule has 0 spiro atoms. The van der Waals surface area contributed by atoms with Crippen molar-refractivity contribution in [1.29, 1.82) is 0 Å². The van der Waals surface area contributed by atoms with E-state index in [1.165, 1.54) is 0 Å². The van der Waals surface area contributed by atoms with Gasteiger partial charge in [-0.25, -0.2) is 0 Å². The summed E-state index contributed by atoms with van der Waals surface area (Å²) in [5.74, 6) is 0. The van der Waals surface area contributed by atoms with E-state index in [4.69, 9.17) is 0 Å². The Hall–Kier alpha value is -3.35. The van der Waals surface area contributed by atoms with Crippen LogP contribution < -0.4 is 13.3 Å². The van der Waals surface area contributed by atoms with Crippen LogP contribution in [0.4, 0.5) is 5.69 Å². The Morgan fingerprint density at radius 3 is 1.11 bits per heavy atom. The second kappa shape index (κ2) is 10.1. The van der Waals surface area contributed by atoms with Crippen LogP contribution >= 0.6 is 0 Å². The molecule has 3 nitrogen and oxygen atoms in total. The minimum atomic E-state index is -4.49. The summed E-state index contributed by atoms with van der Waals surface area (Å²) in [6, 6.07) is 48.8. The van der Waals surface area contributed by atoms with Crippen molar-refractivity contribution in [2.24, 2.45) is 0 Å². The van der Waals surface area contributed by atoms with Gasteiger partial charge in [-0.3, -0.25) is 0 Å². The molecule has 0 saturated heterocycles. The molecule has 172 valence electrons. The molecule has 0 bridgehead atoms. The van der Waals surface area contributed by atoms with Gasteiger partial charge in [0.25, 0.3) is 0 Å². The summed E-state index contributed by atoms with van der Waals surface area (Å²) in [6.45, 7) is 0. The maximum atomic E-state index is 14.7. The predicted molar refractivity (Wildman–Crippen MR) is 147 cm³/mol. The van der Waals surface area contributed by atoms with Gasteiger partial charge in [-0.2, -0.15) is 0 Å². The Labute approximate surface area is 211 Å². The molecule has 35 heavy (non-hydrogen) atoms. The molecule has 5 rings (SSSR count). The zero-order valence-corrected chi connectivity index (χ0v) is 22.8. The van der Waals surface area contributed by atoms with Crippen LogP contribution in [0, 0.1) is 0 Å². The molecule has 0 heterocycles. The van der Waals surface area contributed by atoms with Gasteiger partial charge in [-0.05, 0) is 0 Å². The molecule has 0 fully saturated rings. The first-order valence-electron chi connectivity index (χ1n) is 11.5. The molecule has 5 heteroatoms. The van der Waals surface area contributed by atoms with Crippen molar-refractivity contribution in [1.82, 2.24) is 0 Å². The van der Waals surface area contributed by atoms with Gasteiger partial charge in [0.15, 0.2) is 0 Å². The van der Waals surface area contributed by atoms with Crippen molar-refractivity contribution in [3.8, 4) is 0 Å². The number of para-hydroxylation sites is 1. The van der Waals surface area contributed by atoms with Crippen LogP contribution in [-0.4, -0.2) is 27.1 Å². The van der Waals surface area contributed by atoms with Crippen LogP contribution in [0.5, 0.6) is 0 Å². The minimum absolute atomic E-state index is 0.285. The number of anilines is 1. The van der Waals surface area contributed by atoms with Gasteiger partial charge in [0, 0.05) is 0 Å². The van der Waals surface area contributed by atoms with Crippen LogP contribution in [0.25, 0.3) is 0 Å². The third-order valence-electron chi connectivity index (χ3n) is 6.15. The molecule has 5 aromatic rings. The van der Waals surface area contributed by atoms with Crippen molar-refractivity contribution in [3.05, 3.63) is 152 Å². The van der Waals surface area contributed by atoms with Gasteiger partial charge in [-0.1, -0.05) is 0 Å². The third-order valence-corrected chi connectivity index (χ3v) is 24.1. The fraction of sp³-hybridized carbons (Fsp3) is 0. The van der Waals surface area contributed by atoms with E-state index < -0.39 is 28.7 Å². The first-order chi connectivity index (χ1) is 17.1. The molecule has 0 aliphatic carbocycles. The third kappa shape index (κ3) is 4.28. The van der Waals surface area contributed by atoms with Crippen LogP contribution in [0.1, 0.15) is 0 Å². The van der Waals surface area contributed by atoms with E-state index >= 15 is 0 Å². The quantitative estimate of drug-likeness (QED) is 0.265. The summed E-state index contributed by atoms with van der Waals surface area (Å²) >= 11 is -4.49. The van der Waals surface area contributed by atoms with Crippen LogP contribution in [0.15, 0.2) is 157 Å². The van der Waals surface area contributed by atoms with E-state index in [2.05, 4.69) is 36.4 Å². The summed E-state index contributed by atoms with van der Waals surface area (Å²) in [5.41, 5.74) is 0.670. The van der Waals surface area contributed by atoms with Gasteiger partial charge < -0.3 is 0 Å². The summed E-state index contributed by atoms with van der Waals surface area (Å²) in [5, 5.41) is 0. The van der Waals surface area contributed by atoms with Crippen molar-refractivity contribution in [2.75, 3.05) is 2.53 Å². The van der Waals surface area contributed by atoms with Gasteiger partial charge in [0.2, 0.25) is 0 Å². The number of hydrogen-bond donors (Lipinski definition) is 0. The number of nitrogens with zero attached hydrogens (tertiary/aromatic N) is 1. The molecule has 0 N–H and O–H groups in total. The second-order valence-electron chi connectivity index (χ2n) is 8.23. The summed E-state index contributed by atoms with van der Waals surface area (Å²) in [6.07, 6.45) is 0. The second-order valence-corrected chi connectivity index (χ2v) is 21.2. The van der Waals surface area contributed by atoms with Crippen molar-refractivity contribution >= 4 is 45.1 Å². The van der Waals surface area contributed by atoms with E-state index in [0.29, 0.717) is 5.69 Å². The zero-order chi connectivity index (χ0) is 24.1. The Morgan fingerprint density at radius 1 is 0.429 bits per heavy atom. The number of rotatable bonds is 7. The molecule has 0 saturated carbocycles. The van der Waals surface area contributed by atoms with Crippen molar-refractivity contribution in [2.45, 2.75) is 4.90 Å². The molecule has 0 unspecified atom stereocenters. The van der Waals surface area contributed by atoms with Crippen molar-refractivity contribution in [3.63, 3.8) is 0 Å². The van der Waals surface area contributed by atoms with E-state index in [-0.39, 0.29) is 4.90 Å². The van der Waals surface area contributed by atoms with E-state index in [1.54, 1.807) is 26.8 Å². The Morgan fingerprint density at radius 2 is 0.743 bits per heavy atom. The van der Waals surface area contributed by atoms with Gasteiger partial charge >= 0.3 is 213 Å². The standard InChI is InChI=1S/C12H10NO2S.3C6H5.Sn/c14-16(15,12-9-5-2-6-10-12)13-11-7-3-1-4-8-11;3*1-2-4-6-5-3-1;/h1-10H;3*1-5H;/q-1;;;;+1. The van der Waals surface area contributed by atoms with E-state index in [9.17, 15) is 8.42 Å². The Kier molecular flexibility index (Phi) is 6.75. The van der Waals surface area contributed by atoms with Crippen molar-refractivity contribution < 1.29 is 8.42 Å². The molecule has 0 radical (unpaired) electrons. The SMILES string of the molecule is O=S(=O)(c1ccccc1)[N](c1ccccc1)[Sn]([c]1ccccc1)([c]1ccccc1)[c]1ccccc1. The predicted octanol–water partition coefficient (Wildman–Crippen LogP) is 4.55. The van der Waals surface area contributed by atoms with E-state index in [0.717, 1.165) is 10.7 Å². The number of hydrogen-bond acceptors (Lipinski definition) is 2. The topological polar surface area (TPSA) is 37.4 Å². The first-order valence-corrected chi connectivity index (χ1v) is 18.5. The molecule has 0 aromatic heterocycles. The van der Waals surface area contributed by atoms with Crippen LogP contribution in [-0.2, 0) is 10.0 Å². The maximum absolute atomic E-state index is 14.7. The van der Waals surface area contributed by atoms with Crippen LogP contribution in [0.3, 0.4) is 0 Å². The van der Waals surface area contributed by atoms with E-state index in [1.807, 2.05) is 91.0 Å². The summed E-state index contributed by atoms with van der Waals surface area (Å²) in [4.78, 5) is 0.285. The molecule has 0 aliphatic rings.